The topological polar surface area (TPSA) is 29.9 Å². The van der Waals surface area contributed by atoms with Crippen molar-refractivity contribution >= 4 is 0 Å². The first-order valence-corrected chi connectivity index (χ1v) is 6.38. The highest BCUT2D eigenvalue weighted by Gasteiger charge is 2.09. The summed E-state index contributed by atoms with van der Waals surface area (Å²) in [5.74, 6) is 0. The van der Waals surface area contributed by atoms with Crippen molar-refractivity contribution in [1.82, 2.24) is 15.1 Å². The molecular weight excluding hydrogens is 198 g/mol. The van der Waals surface area contributed by atoms with Crippen LogP contribution in [0.4, 0.5) is 0 Å². The molecule has 92 valence electrons. The maximum absolute atomic E-state index is 4.60. The fourth-order valence-electron chi connectivity index (χ4n) is 2.07. The van der Waals surface area contributed by atoms with Gasteiger partial charge >= 0.3 is 0 Å². The van der Waals surface area contributed by atoms with Gasteiger partial charge in [0.2, 0.25) is 0 Å². The van der Waals surface area contributed by atoms with E-state index in [0.717, 1.165) is 13.1 Å². The molecule has 0 spiro atoms. The maximum Gasteiger partial charge on any atom is 0.0641 e. The van der Waals surface area contributed by atoms with Crippen LogP contribution in [0.3, 0.4) is 0 Å². The molecule has 0 bridgehead atoms. The van der Waals surface area contributed by atoms with Crippen molar-refractivity contribution in [3.05, 3.63) is 17.0 Å². The Morgan fingerprint density at radius 2 is 1.94 bits per heavy atom. The monoisotopic (exact) mass is 223 g/mol. The Morgan fingerprint density at radius 1 is 1.19 bits per heavy atom. The summed E-state index contributed by atoms with van der Waals surface area (Å²) < 4.78 is 2.16. The highest BCUT2D eigenvalue weighted by molar-refractivity contribution is 5.24. The van der Waals surface area contributed by atoms with Gasteiger partial charge in [0.1, 0.15) is 0 Å². The minimum Gasteiger partial charge on any atom is -0.316 e. The average molecular weight is 223 g/mol. The molecule has 0 atom stereocenters. The van der Waals surface area contributed by atoms with E-state index in [2.05, 4.69) is 35.9 Å². The second-order valence-electron chi connectivity index (χ2n) is 4.46. The molecule has 0 amide bonds. The Labute approximate surface area is 99.2 Å². The minimum atomic E-state index is 0.923. The van der Waals surface area contributed by atoms with E-state index in [4.69, 9.17) is 0 Å². The van der Waals surface area contributed by atoms with Crippen molar-refractivity contribution in [2.45, 2.75) is 59.5 Å². The van der Waals surface area contributed by atoms with E-state index in [0.29, 0.717) is 0 Å². The van der Waals surface area contributed by atoms with Gasteiger partial charge in [-0.05, 0) is 27.3 Å². The molecule has 0 aliphatic heterocycles. The van der Waals surface area contributed by atoms with Gasteiger partial charge in [-0.1, -0.05) is 26.2 Å². The number of nitrogens with one attached hydrogen (secondary N) is 1. The van der Waals surface area contributed by atoms with E-state index in [-0.39, 0.29) is 0 Å². The van der Waals surface area contributed by atoms with Crippen molar-refractivity contribution in [1.29, 1.82) is 0 Å². The van der Waals surface area contributed by atoms with Crippen LogP contribution in [0.25, 0.3) is 0 Å². The number of unbranched alkanes of at least 4 members (excludes halogenated alkanes) is 3. The van der Waals surface area contributed by atoms with Gasteiger partial charge in [-0.3, -0.25) is 4.68 Å². The molecule has 16 heavy (non-hydrogen) atoms. The molecule has 1 heterocycles. The van der Waals surface area contributed by atoms with Gasteiger partial charge in [0, 0.05) is 24.3 Å². The Kier molecular flexibility index (Phi) is 5.53. The van der Waals surface area contributed by atoms with E-state index in [1.165, 1.54) is 42.6 Å². The molecule has 0 saturated heterocycles. The molecule has 1 rings (SSSR count). The zero-order valence-corrected chi connectivity index (χ0v) is 11.1. The van der Waals surface area contributed by atoms with Crippen LogP contribution in [0, 0.1) is 13.8 Å². The van der Waals surface area contributed by atoms with Crippen LogP contribution in [0.5, 0.6) is 0 Å². The molecule has 0 unspecified atom stereocenters. The number of hydrogen-bond donors (Lipinski definition) is 1. The molecule has 1 aromatic rings. The van der Waals surface area contributed by atoms with Crippen LogP contribution in [-0.2, 0) is 13.1 Å². The number of nitrogens with zero attached hydrogens (tertiary/aromatic N) is 2. The van der Waals surface area contributed by atoms with E-state index in [1.54, 1.807) is 0 Å². The second kappa shape index (κ2) is 6.69. The summed E-state index contributed by atoms with van der Waals surface area (Å²) in [6.07, 6.45) is 5.19. The average Bonchev–Trinajstić information content (AvgIpc) is 2.53. The largest absolute Gasteiger partial charge is 0.316 e. The molecule has 0 saturated carbocycles. The summed E-state index contributed by atoms with van der Waals surface area (Å²) in [5, 5.41) is 7.81. The van der Waals surface area contributed by atoms with Crippen molar-refractivity contribution in [3.63, 3.8) is 0 Å². The van der Waals surface area contributed by atoms with Crippen LogP contribution in [0.2, 0.25) is 0 Å². The molecule has 1 aromatic heterocycles. The summed E-state index contributed by atoms with van der Waals surface area (Å²) in [6.45, 7) is 8.51. The van der Waals surface area contributed by atoms with Crippen molar-refractivity contribution in [2.75, 3.05) is 7.05 Å². The normalized spacial score (nSPS) is 11.0. The Bertz CT molecular complexity index is 315. The number of aromatic nitrogens is 2. The van der Waals surface area contributed by atoms with Crippen molar-refractivity contribution < 1.29 is 0 Å². The van der Waals surface area contributed by atoms with Gasteiger partial charge < -0.3 is 5.32 Å². The number of rotatable bonds is 7. The standard InChI is InChI=1S/C13H25N3/c1-5-6-7-8-9-16-12(3)13(10-14-4)11(2)15-16/h14H,5-10H2,1-4H3. The van der Waals surface area contributed by atoms with E-state index in [9.17, 15) is 0 Å². The molecule has 3 heteroatoms. The van der Waals surface area contributed by atoms with Crippen molar-refractivity contribution in [3.8, 4) is 0 Å². The highest BCUT2D eigenvalue weighted by atomic mass is 15.3. The molecule has 0 aromatic carbocycles. The summed E-state index contributed by atoms with van der Waals surface area (Å²) in [7, 11) is 1.98. The predicted octanol–water partition coefficient (Wildman–Crippen LogP) is 2.80. The third kappa shape index (κ3) is 3.34. The first-order valence-electron chi connectivity index (χ1n) is 6.38. The molecule has 3 nitrogen and oxygen atoms in total. The molecule has 1 N–H and O–H groups in total. The third-order valence-electron chi connectivity index (χ3n) is 3.11. The SMILES string of the molecule is CCCCCCn1nc(C)c(CNC)c1C. The maximum atomic E-state index is 4.60. The summed E-state index contributed by atoms with van der Waals surface area (Å²) >= 11 is 0. The van der Waals surface area contributed by atoms with E-state index < -0.39 is 0 Å². The quantitative estimate of drug-likeness (QED) is 0.720. The van der Waals surface area contributed by atoms with Gasteiger partial charge in [-0.25, -0.2) is 0 Å². The Hall–Kier alpha value is -0.830. The predicted molar refractivity (Wildman–Crippen MR) is 68.6 cm³/mol. The summed E-state index contributed by atoms with van der Waals surface area (Å²) in [4.78, 5) is 0. The Morgan fingerprint density at radius 3 is 2.56 bits per heavy atom. The summed E-state index contributed by atoms with van der Waals surface area (Å²) in [5.41, 5.74) is 3.85. The van der Waals surface area contributed by atoms with E-state index in [1.807, 2.05) is 7.05 Å². The zero-order valence-electron chi connectivity index (χ0n) is 11.1. The lowest BCUT2D eigenvalue weighted by Crippen LogP contribution is -2.08. The molecule has 0 radical (unpaired) electrons. The molecular formula is C13H25N3. The van der Waals surface area contributed by atoms with E-state index >= 15 is 0 Å². The summed E-state index contributed by atoms with van der Waals surface area (Å²) in [6, 6.07) is 0. The van der Waals surface area contributed by atoms with Gasteiger partial charge in [-0.2, -0.15) is 5.10 Å². The van der Waals surface area contributed by atoms with Crippen LogP contribution in [-0.4, -0.2) is 16.8 Å². The van der Waals surface area contributed by atoms with Gasteiger partial charge in [-0.15, -0.1) is 0 Å². The van der Waals surface area contributed by atoms with Crippen LogP contribution in [0.15, 0.2) is 0 Å². The lowest BCUT2D eigenvalue weighted by molar-refractivity contribution is 0.529. The van der Waals surface area contributed by atoms with Crippen LogP contribution >= 0.6 is 0 Å². The van der Waals surface area contributed by atoms with Gasteiger partial charge in [0.05, 0.1) is 5.69 Å². The molecule has 0 fully saturated rings. The number of aryl methyl sites for hydroxylation is 2. The minimum absolute atomic E-state index is 0.923. The number of hydrogen-bond acceptors (Lipinski definition) is 2. The lowest BCUT2D eigenvalue weighted by atomic mass is 10.2. The Balaban J connectivity index is 2.56. The van der Waals surface area contributed by atoms with Gasteiger partial charge in [0.25, 0.3) is 0 Å². The smallest absolute Gasteiger partial charge is 0.0641 e. The van der Waals surface area contributed by atoms with Crippen LogP contribution in [0.1, 0.15) is 49.6 Å². The molecule has 0 aliphatic carbocycles. The fourth-order valence-corrected chi connectivity index (χ4v) is 2.07. The first kappa shape index (κ1) is 13.2. The van der Waals surface area contributed by atoms with Crippen molar-refractivity contribution in [2.24, 2.45) is 0 Å². The first-order chi connectivity index (χ1) is 7.70. The molecule has 0 aliphatic rings. The lowest BCUT2D eigenvalue weighted by Gasteiger charge is -2.05. The zero-order chi connectivity index (χ0) is 12.0. The second-order valence-corrected chi connectivity index (χ2v) is 4.46. The van der Waals surface area contributed by atoms with Crippen LogP contribution < -0.4 is 5.32 Å². The third-order valence-corrected chi connectivity index (χ3v) is 3.11. The fraction of sp³-hybridized carbons (Fsp3) is 0.769. The van der Waals surface area contributed by atoms with Gasteiger partial charge in [0.15, 0.2) is 0 Å². The highest BCUT2D eigenvalue weighted by Crippen LogP contribution is 2.13.